The number of hydrogen-bond acceptors (Lipinski definition) is 7. The van der Waals surface area contributed by atoms with Gasteiger partial charge in [0.1, 0.15) is 18.0 Å². The highest BCUT2D eigenvalue weighted by Gasteiger charge is 2.22. The number of aryl methyl sites for hydroxylation is 1. The zero-order chi connectivity index (χ0) is 21.8. The van der Waals surface area contributed by atoms with Gasteiger partial charge < -0.3 is 15.1 Å². The Bertz CT molecular complexity index is 1150. The average Bonchev–Trinajstić information content (AvgIpc) is 2.77. The van der Waals surface area contributed by atoms with Crippen molar-refractivity contribution in [3.05, 3.63) is 72.4 Å². The minimum Gasteiger partial charge on any atom is -0.372 e. The van der Waals surface area contributed by atoms with E-state index in [1.165, 1.54) is 6.33 Å². The van der Waals surface area contributed by atoms with Gasteiger partial charge in [-0.15, -0.1) is 0 Å². The Balaban J connectivity index is 1.76. The summed E-state index contributed by atoms with van der Waals surface area (Å²) in [6, 6.07) is 15.8. The van der Waals surface area contributed by atoms with Crippen LogP contribution in [0.15, 0.2) is 61.2 Å². The van der Waals surface area contributed by atoms with Gasteiger partial charge in [-0.25, -0.2) is 15.0 Å². The number of benzene rings is 1. The van der Waals surface area contributed by atoms with E-state index >= 15 is 0 Å². The molecule has 2 aromatic heterocycles. The van der Waals surface area contributed by atoms with Gasteiger partial charge in [0.2, 0.25) is 0 Å². The highest BCUT2D eigenvalue weighted by atomic mass is 15.3. The number of rotatable bonds is 4. The lowest BCUT2D eigenvalue weighted by atomic mass is 10.0. The highest BCUT2D eigenvalue weighted by molar-refractivity contribution is 5.76. The Labute approximate surface area is 182 Å². The zero-order valence-electron chi connectivity index (χ0n) is 17.8. The highest BCUT2D eigenvalue weighted by Crippen LogP contribution is 2.34. The number of nitriles is 1. The normalized spacial score (nSPS) is 13.6. The van der Waals surface area contributed by atoms with Crippen molar-refractivity contribution in [2.45, 2.75) is 19.8 Å². The van der Waals surface area contributed by atoms with E-state index in [9.17, 15) is 5.26 Å². The molecule has 0 unspecified atom stereocenters. The van der Waals surface area contributed by atoms with Crippen molar-refractivity contribution in [2.75, 3.05) is 35.3 Å². The fourth-order valence-electron chi connectivity index (χ4n) is 3.74. The molecule has 1 N–H and O–H groups in total. The molecular weight excluding hydrogens is 386 g/mol. The van der Waals surface area contributed by atoms with Crippen molar-refractivity contribution in [1.29, 1.82) is 5.26 Å². The Morgan fingerprint density at radius 1 is 1.13 bits per heavy atom. The maximum atomic E-state index is 9.54. The van der Waals surface area contributed by atoms with Crippen molar-refractivity contribution >= 4 is 17.3 Å². The molecule has 4 rings (SSSR count). The first-order chi connectivity index (χ1) is 15.1. The van der Waals surface area contributed by atoms with Crippen LogP contribution in [0.2, 0.25) is 0 Å². The standard InChI is InChI=1S/C24H25N7/c1-17-14-23(27-16-26-17)28-18(2)31-13-7-6-12-30(3)22-11-10-21(29-24(22)31)20-9-5-4-8-19(20)15-25/h4-5,8-11,14,16H,2,6-7,12-13H2,1,3H3,(H,26,27,28). The lowest BCUT2D eigenvalue weighted by molar-refractivity contribution is 0.687. The molecule has 1 aromatic carbocycles. The zero-order valence-corrected chi connectivity index (χ0v) is 17.8. The molecule has 0 atom stereocenters. The van der Waals surface area contributed by atoms with Gasteiger partial charge in [-0.3, -0.25) is 0 Å². The number of aromatic nitrogens is 3. The third-order valence-electron chi connectivity index (χ3n) is 5.37. The molecule has 31 heavy (non-hydrogen) atoms. The number of hydrogen-bond donors (Lipinski definition) is 1. The van der Waals surface area contributed by atoms with Gasteiger partial charge in [0.15, 0.2) is 5.82 Å². The van der Waals surface area contributed by atoms with Crippen LogP contribution in [-0.4, -0.2) is 35.1 Å². The summed E-state index contributed by atoms with van der Waals surface area (Å²) >= 11 is 0. The topological polar surface area (TPSA) is 81.0 Å². The molecule has 0 spiro atoms. The third-order valence-corrected chi connectivity index (χ3v) is 5.37. The van der Waals surface area contributed by atoms with Crippen LogP contribution < -0.4 is 15.1 Å². The summed E-state index contributed by atoms with van der Waals surface area (Å²) in [6.07, 6.45) is 3.62. The second kappa shape index (κ2) is 8.84. The van der Waals surface area contributed by atoms with Crippen LogP contribution in [-0.2, 0) is 0 Å². The van der Waals surface area contributed by atoms with Gasteiger partial charge in [0, 0.05) is 37.5 Å². The maximum Gasteiger partial charge on any atom is 0.158 e. The van der Waals surface area contributed by atoms with Crippen molar-refractivity contribution < 1.29 is 0 Å². The van der Waals surface area contributed by atoms with Crippen LogP contribution in [0, 0.1) is 18.3 Å². The van der Waals surface area contributed by atoms with E-state index < -0.39 is 0 Å². The van der Waals surface area contributed by atoms with E-state index in [0.29, 0.717) is 17.2 Å². The Hall–Kier alpha value is -3.92. The number of nitrogens with one attached hydrogen (secondary N) is 1. The first-order valence-corrected chi connectivity index (χ1v) is 10.3. The molecule has 156 valence electrons. The lowest BCUT2D eigenvalue weighted by Gasteiger charge is -2.33. The largest absolute Gasteiger partial charge is 0.372 e. The summed E-state index contributed by atoms with van der Waals surface area (Å²) in [5.74, 6) is 2.21. The smallest absolute Gasteiger partial charge is 0.158 e. The second-order valence-electron chi connectivity index (χ2n) is 7.59. The molecule has 0 saturated heterocycles. The van der Waals surface area contributed by atoms with E-state index in [0.717, 1.165) is 54.4 Å². The second-order valence-corrected chi connectivity index (χ2v) is 7.59. The van der Waals surface area contributed by atoms with Crippen LogP contribution in [0.5, 0.6) is 0 Å². The molecule has 1 aliphatic rings. The van der Waals surface area contributed by atoms with E-state index in [4.69, 9.17) is 4.98 Å². The summed E-state index contributed by atoms with van der Waals surface area (Å²) in [5, 5.41) is 12.8. The maximum absolute atomic E-state index is 9.54. The molecule has 0 saturated carbocycles. The monoisotopic (exact) mass is 411 g/mol. The first-order valence-electron chi connectivity index (χ1n) is 10.3. The van der Waals surface area contributed by atoms with Gasteiger partial charge in [-0.1, -0.05) is 24.8 Å². The molecular formula is C24H25N7. The van der Waals surface area contributed by atoms with Crippen molar-refractivity contribution in [3.63, 3.8) is 0 Å². The molecule has 7 nitrogen and oxygen atoms in total. The molecule has 0 fully saturated rings. The Morgan fingerprint density at radius 2 is 1.94 bits per heavy atom. The molecule has 3 aromatic rings. The fraction of sp³-hybridized carbons (Fsp3) is 0.250. The van der Waals surface area contributed by atoms with Gasteiger partial charge in [-0.2, -0.15) is 5.26 Å². The molecule has 7 heteroatoms. The number of nitrogens with zero attached hydrogens (tertiary/aromatic N) is 6. The minimum atomic E-state index is 0.606. The van der Waals surface area contributed by atoms with Crippen LogP contribution in [0.1, 0.15) is 24.1 Å². The number of pyridine rings is 1. The number of anilines is 3. The van der Waals surface area contributed by atoms with Crippen LogP contribution in [0.3, 0.4) is 0 Å². The molecule has 3 heterocycles. The number of fused-ring (bicyclic) bond motifs is 1. The Kier molecular flexibility index (Phi) is 5.80. The minimum absolute atomic E-state index is 0.606. The van der Waals surface area contributed by atoms with E-state index in [1.54, 1.807) is 0 Å². The molecule has 0 aliphatic carbocycles. The van der Waals surface area contributed by atoms with Gasteiger partial charge in [-0.05, 0) is 38.0 Å². The van der Waals surface area contributed by atoms with Gasteiger partial charge in [0.25, 0.3) is 0 Å². The van der Waals surface area contributed by atoms with Gasteiger partial charge >= 0.3 is 0 Å². The molecule has 1 aliphatic heterocycles. The van der Waals surface area contributed by atoms with Gasteiger partial charge in [0.05, 0.1) is 23.0 Å². The summed E-state index contributed by atoms with van der Waals surface area (Å²) in [6.45, 7) is 7.95. The summed E-state index contributed by atoms with van der Waals surface area (Å²) < 4.78 is 0. The lowest BCUT2D eigenvalue weighted by Crippen LogP contribution is -2.33. The first kappa shape index (κ1) is 20.4. The van der Waals surface area contributed by atoms with Crippen LogP contribution >= 0.6 is 0 Å². The Morgan fingerprint density at radius 3 is 2.74 bits per heavy atom. The van der Waals surface area contributed by atoms with Crippen molar-refractivity contribution in [1.82, 2.24) is 15.0 Å². The quantitative estimate of drug-likeness (QED) is 0.684. The average molecular weight is 412 g/mol. The predicted octanol–water partition coefficient (Wildman–Crippen LogP) is 4.34. The third kappa shape index (κ3) is 4.33. The predicted molar refractivity (Wildman–Crippen MR) is 124 cm³/mol. The van der Waals surface area contributed by atoms with Crippen LogP contribution in [0.4, 0.5) is 17.3 Å². The summed E-state index contributed by atoms with van der Waals surface area (Å²) in [7, 11) is 2.08. The van der Waals surface area contributed by atoms with E-state index in [2.05, 4.69) is 50.8 Å². The summed E-state index contributed by atoms with van der Waals surface area (Å²) in [4.78, 5) is 17.8. The SMILES string of the molecule is C=C(Nc1cc(C)ncn1)N1CCCCN(C)c2ccc(-c3ccccc3C#N)nc21. The molecule has 0 radical (unpaired) electrons. The van der Waals surface area contributed by atoms with Crippen LogP contribution in [0.25, 0.3) is 11.3 Å². The van der Waals surface area contributed by atoms with E-state index in [1.807, 2.05) is 43.3 Å². The summed E-state index contributed by atoms with van der Waals surface area (Å²) in [5.41, 5.74) is 4.10. The fourth-order valence-corrected chi connectivity index (χ4v) is 3.74. The van der Waals surface area contributed by atoms with Crippen molar-refractivity contribution in [3.8, 4) is 17.3 Å². The molecule has 0 amide bonds. The van der Waals surface area contributed by atoms with E-state index in [-0.39, 0.29) is 0 Å². The molecule has 0 bridgehead atoms. The van der Waals surface area contributed by atoms with Crippen molar-refractivity contribution in [2.24, 2.45) is 0 Å².